The van der Waals surface area contributed by atoms with Crippen molar-refractivity contribution in [2.45, 2.75) is 31.0 Å². The van der Waals surface area contributed by atoms with E-state index in [4.69, 9.17) is 11.6 Å². The normalized spacial score (nSPS) is 15.7. The molecular formula is C17H16ClF5N4OS. The number of amides is 1. The first kappa shape index (κ1) is 21.7. The van der Waals surface area contributed by atoms with E-state index in [0.717, 1.165) is 12.1 Å². The van der Waals surface area contributed by atoms with Crippen molar-refractivity contribution in [1.29, 1.82) is 0 Å². The topological polar surface area (TPSA) is 58.1 Å². The Morgan fingerprint density at radius 3 is 2.48 bits per heavy atom. The zero-order chi connectivity index (χ0) is 21.4. The monoisotopic (exact) mass is 454 g/mol. The van der Waals surface area contributed by atoms with Gasteiger partial charge in [0.2, 0.25) is 0 Å². The molecule has 158 valence electrons. The maximum atomic E-state index is 13.3. The van der Waals surface area contributed by atoms with E-state index in [9.17, 15) is 26.7 Å². The van der Waals surface area contributed by atoms with Crippen molar-refractivity contribution in [2.75, 3.05) is 10.0 Å². The van der Waals surface area contributed by atoms with Crippen LogP contribution in [0.15, 0.2) is 24.4 Å². The van der Waals surface area contributed by atoms with E-state index in [2.05, 4.69) is 14.8 Å². The number of halogens is 6. The van der Waals surface area contributed by atoms with Gasteiger partial charge in [0.05, 0.1) is 10.7 Å². The highest BCUT2D eigenvalue weighted by Gasteiger charge is 2.58. The van der Waals surface area contributed by atoms with E-state index in [1.54, 1.807) is 0 Å². The van der Waals surface area contributed by atoms with Gasteiger partial charge in [-0.3, -0.25) is 4.79 Å². The molecule has 1 heterocycles. The Kier molecular flexibility index (Phi) is 6.02. The van der Waals surface area contributed by atoms with Crippen molar-refractivity contribution in [3.63, 3.8) is 0 Å². The Morgan fingerprint density at radius 1 is 1.24 bits per heavy atom. The van der Waals surface area contributed by atoms with Crippen molar-refractivity contribution < 1.29 is 26.7 Å². The predicted molar refractivity (Wildman–Crippen MR) is 102 cm³/mol. The number of benzene rings is 1. The second-order valence-corrected chi connectivity index (χ2v) is 7.63. The fraction of sp³-hybridized carbons (Fsp3) is 0.353. The maximum absolute atomic E-state index is 13.3. The Bertz CT molecular complexity index is 929. The summed E-state index contributed by atoms with van der Waals surface area (Å²) in [6.45, 7) is 0. The quantitative estimate of drug-likeness (QED) is 0.412. The van der Waals surface area contributed by atoms with Crippen molar-refractivity contribution in [3.05, 3.63) is 46.7 Å². The number of aromatic nitrogens is 1. The fourth-order valence-electron chi connectivity index (χ4n) is 2.84. The molecule has 1 aromatic carbocycles. The van der Waals surface area contributed by atoms with E-state index in [1.807, 2.05) is 0 Å². The van der Waals surface area contributed by atoms with E-state index in [0.29, 0.717) is 18.6 Å². The average molecular weight is 455 g/mol. The number of carbonyl (C=O) groups excluding carboxylic acids is 1. The van der Waals surface area contributed by atoms with Gasteiger partial charge in [-0.15, -0.1) is 0 Å². The first-order valence-corrected chi connectivity index (χ1v) is 9.60. The summed E-state index contributed by atoms with van der Waals surface area (Å²) in [7, 11) is 1.51. The molecule has 1 fully saturated rings. The van der Waals surface area contributed by atoms with Crippen molar-refractivity contribution in [1.82, 2.24) is 9.29 Å². The SMILES string of the molecule is Cn1cc(NSNC2(C(F)(F)F)CCC2)c(Cl)c1C(=O)Nc1ccc(F)c(F)c1. The molecule has 0 unspecified atom stereocenters. The highest BCUT2D eigenvalue weighted by molar-refractivity contribution is 7.98. The summed E-state index contributed by atoms with van der Waals surface area (Å²) in [6, 6.07) is 2.86. The lowest BCUT2D eigenvalue weighted by atomic mass is 9.77. The molecule has 29 heavy (non-hydrogen) atoms. The Labute approximate surface area is 172 Å². The molecule has 3 rings (SSSR count). The third kappa shape index (κ3) is 4.31. The molecule has 1 saturated carbocycles. The summed E-state index contributed by atoms with van der Waals surface area (Å²) in [5.74, 6) is -2.88. The van der Waals surface area contributed by atoms with Gasteiger partial charge in [-0.25, -0.2) is 13.5 Å². The van der Waals surface area contributed by atoms with Crippen LogP contribution >= 0.6 is 23.7 Å². The fourth-order valence-corrected chi connectivity index (χ4v) is 4.05. The maximum Gasteiger partial charge on any atom is 0.407 e. The van der Waals surface area contributed by atoms with E-state index in [1.165, 1.54) is 23.9 Å². The van der Waals surface area contributed by atoms with Crippen molar-refractivity contribution in [3.8, 4) is 0 Å². The van der Waals surface area contributed by atoms with Gasteiger partial charge in [-0.2, -0.15) is 13.2 Å². The largest absolute Gasteiger partial charge is 0.407 e. The van der Waals surface area contributed by atoms with Crippen LogP contribution in [-0.4, -0.2) is 22.2 Å². The smallest absolute Gasteiger partial charge is 0.343 e. The molecule has 1 aliphatic rings. The number of rotatable bonds is 6. The zero-order valence-corrected chi connectivity index (χ0v) is 16.5. The van der Waals surface area contributed by atoms with Gasteiger partial charge >= 0.3 is 6.18 Å². The third-order valence-corrected chi connectivity index (χ3v) is 5.87. The minimum atomic E-state index is -4.38. The zero-order valence-electron chi connectivity index (χ0n) is 15.0. The lowest BCUT2D eigenvalue weighted by Crippen LogP contribution is -2.59. The third-order valence-electron chi connectivity index (χ3n) is 4.67. The number of hydrogen-bond acceptors (Lipinski definition) is 4. The summed E-state index contributed by atoms with van der Waals surface area (Å²) in [4.78, 5) is 12.5. The number of nitrogens with zero attached hydrogens (tertiary/aromatic N) is 1. The first-order valence-electron chi connectivity index (χ1n) is 8.41. The van der Waals surface area contributed by atoms with E-state index >= 15 is 0 Å². The molecule has 1 aromatic heterocycles. The number of aryl methyl sites for hydroxylation is 1. The van der Waals surface area contributed by atoms with Gasteiger partial charge in [0.25, 0.3) is 5.91 Å². The molecule has 0 radical (unpaired) electrons. The van der Waals surface area contributed by atoms with Gasteiger partial charge in [-0.05, 0) is 31.4 Å². The molecule has 0 saturated heterocycles. The first-order chi connectivity index (χ1) is 13.5. The molecule has 0 spiro atoms. The molecule has 0 atom stereocenters. The molecule has 1 aliphatic carbocycles. The Balaban J connectivity index is 1.68. The van der Waals surface area contributed by atoms with Crippen LogP contribution in [-0.2, 0) is 7.05 Å². The van der Waals surface area contributed by atoms with Gasteiger partial charge in [0, 0.05) is 37.1 Å². The number of anilines is 2. The van der Waals surface area contributed by atoms with Gasteiger partial charge in [0.15, 0.2) is 11.6 Å². The van der Waals surface area contributed by atoms with Crippen LogP contribution in [0.1, 0.15) is 29.8 Å². The second kappa shape index (κ2) is 8.04. The van der Waals surface area contributed by atoms with Crippen LogP contribution in [0.3, 0.4) is 0 Å². The number of nitrogens with one attached hydrogen (secondary N) is 3. The number of alkyl halides is 3. The predicted octanol–water partition coefficient (Wildman–Crippen LogP) is 5.26. The van der Waals surface area contributed by atoms with Crippen LogP contribution in [0.25, 0.3) is 0 Å². The summed E-state index contributed by atoms with van der Waals surface area (Å²) in [5, 5.41) is 2.36. The molecular weight excluding hydrogens is 439 g/mol. The van der Waals surface area contributed by atoms with Crippen LogP contribution < -0.4 is 14.8 Å². The van der Waals surface area contributed by atoms with Gasteiger partial charge < -0.3 is 14.6 Å². The summed E-state index contributed by atoms with van der Waals surface area (Å²) < 4.78 is 72.2. The highest BCUT2D eigenvalue weighted by atomic mass is 35.5. The molecule has 1 amide bonds. The summed E-state index contributed by atoms with van der Waals surface area (Å²) in [6.07, 6.45) is -2.51. The molecule has 3 N–H and O–H groups in total. The second-order valence-electron chi connectivity index (χ2n) is 6.64. The molecule has 0 aliphatic heterocycles. The average Bonchev–Trinajstić information content (AvgIpc) is 2.86. The Morgan fingerprint density at radius 2 is 1.93 bits per heavy atom. The summed E-state index contributed by atoms with van der Waals surface area (Å²) in [5.41, 5.74) is -1.71. The number of hydrogen-bond donors (Lipinski definition) is 3. The van der Waals surface area contributed by atoms with Crippen molar-refractivity contribution >= 4 is 41.0 Å². The van der Waals surface area contributed by atoms with Crippen molar-refractivity contribution in [2.24, 2.45) is 7.05 Å². The number of carbonyl (C=O) groups is 1. The molecule has 12 heteroatoms. The van der Waals surface area contributed by atoms with Crippen LogP contribution in [0.2, 0.25) is 5.02 Å². The lowest BCUT2D eigenvalue weighted by molar-refractivity contribution is -0.211. The minimum Gasteiger partial charge on any atom is -0.343 e. The highest BCUT2D eigenvalue weighted by Crippen LogP contribution is 2.46. The van der Waals surface area contributed by atoms with E-state index in [-0.39, 0.29) is 34.9 Å². The standard InChI is InChI=1S/C17H16ClF5N4OS/c1-27-8-12(25-29-26-16(5-2-6-16)17(21,22)23)13(18)14(27)15(28)24-9-3-4-10(19)11(20)7-9/h3-4,7-8,25-26H,2,5-6H2,1H3,(H,24,28). The van der Waals surface area contributed by atoms with Crippen LogP contribution in [0, 0.1) is 11.6 Å². The van der Waals surface area contributed by atoms with Crippen LogP contribution in [0.5, 0.6) is 0 Å². The minimum absolute atomic E-state index is 0.00585. The molecule has 0 bridgehead atoms. The molecule has 2 aromatic rings. The Hall–Kier alpha value is -1.98. The van der Waals surface area contributed by atoms with Gasteiger partial charge in [-0.1, -0.05) is 11.6 Å². The van der Waals surface area contributed by atoms with Gasteiger partial charge in [0.1, 0.15) is 11.2 Å². The van der Waals surface area contributed by atoms with E-state index < -0.39 is 29.3 Å². The lowest BCUT2D eigenvalue weighted by Gasteiger charge is -2.43. The van der Waals surface area contributed by atoms with Crippen LogP contribution in [0.4, 0.5) is 33.3 Å². The summed E-state index contributed by atoms with van der Waals surface area (Å²) >= 11 is 6.82. The molecule has 5 nitrogen and oxygen atoms in total.